The third-order valence-electron chi connectivity index (χ3n) is 2.56. The molecule has 1 N–H and O–H groups in total. The van der Waals surface area contributed by atoms with Crippen LogP contribution in [0, 0.1) is 0 Å². The molecule has 0 aliphatic heterocycles. The van der Waals surface area contributed by atoms with Crippen LogP contribution < -0.4 is 5.32 Å². The number of rotatable bonds is 9. The quantitative estimate of drug-likeness (QED) is 0.645. The van der Waals surface area contributed by atoms with E-state index in [1.54, 1.807) is 24.9 Å². The molecule has 1 heterocycles. The first-order valence-corrected chi connectivity index (χ1v) is 7.82. The van der Waals surface area contributed by atoms with E-state index in [-0.39, 0.29) is 11.5 Å². The van der Waals surface area contributed by atoms with Crippen LogP contribution in [-0.4, -0.2) is 50.0 Å². The summed E-state index contributed by atoms with van der Waals surface area (Å²) in [4.78, 5) is 0. The summed E-state index contributed by atoms with van der Waals surface area (Å²) in [5.41, 5.74) is 0.903. The average Bonchev–Trinajstić information content (AvgIpc) is 2.80. The molecule has 0 amide bonds. The molecule has 0 aliphatic carbocycles. The summed E-state index contributed by atoms with van der Waals surface area (Å²) in [6.45, 7) is 4.16. The Morgan fingerprint density at radius 2 is 2.28 bits per heavy atom. The highest BCUT2D eigenvalue weighted by molar-refractivity contribution is 7.91. The van der Waals surface area contributed by atoms with E-state index in [9.17, 15) is 8.42 Å². The number of sulfone groups is 1. The van der Waals surface area contributed by atoms with E-state index in [2.05, 4.69) is 10.4 Å². The Labute approximate surface area is 108 Å². The predicted octanol–water partition coefficient (Wildman–Crippen LogP) is 0.0538. The van der Waals surface area contributed by atoms with Crippen molar-refractivity contribution >= 4 is 9.84 Å². The van der Waals surface area contributed by atoms with Gasteiger partial charge in [-0.1, -0.05) is 6.92 Å². The van der Waals surface area contributed by atoms with Crippen LogP contribution in [0.2, 0.25) is 0 Å². The molecule has 6 nitrogen and oxygen atoms in total. The second kappa shape index (κ2) is 7.50. The molecule has 0 saturated heterocycles. The third kappa shape index (κ3) is 5.61. The SMILES string of the molecule is CCS(=O)(=O)CCn1ccc(CNCCOC)n1. The molecular formula is C11H21N3O3S. The maximum atomic E-state index is 11.4. The van der Waals surface area contributed by atoms with Crippen molar-refractivity contribution in [2.24, 2.45) is 0 Å². The monoisotopic (exact) mass is 275 g/mol. The summed E-state index contributed by atoms with van der Waals surface area (Å²) in [5, 5.41) is 7.47. The molecule has 104 valence electrons. The minimum Gasteiger partial charge on any atom is -0.383 e. The number of aromatic nitrogens is 2. The molecule has 0 radical (unpaired) electrons. The topological polar surface area (TPSA) is 73.2 Å². The van der Waals surface area contributed by atoms with E-state index in [0.29, 0.717) is 19.7 Å². The summed E-state index contributed by atoms with van der Waals surface area (Å²) in [5.74, 6) is 0.321. The van der Waals surface area contributed by atoms with Gasteiger partial charge in [-0.3, -0.25) is 4.68 Å². The first-order chi connectivity index (χ1) is 8.57. The lowest BCUT2D eigenvalue weighted by Gasteiger charge is -2.02. The number of ether oxygens (including phenoxy) is 1. The smallest absolute Gasteiger partial charge is 0.151 e. The van der Waals surface area contributed by atoms with Crippen molar-refractivity contribution in [2.75, 3.05) is 31.8 Å². The van der Waals surface area contributed by atoms with Gasteiger partial charge in [0.1, 0.15) is 0 Å². The lowest BCUT2D eigenvalue weighted by atomic mass is 10.4. The van der Waals surface area contributed by atoms with Gasteiger partial charge in [-0.05, 0) is 6.07 Å². The molecule has 0 aromatic carbocycles. The summed E-state index contributed by atoms with van der Waals surface area (Å²) in [7, 11) is -1.27. The van der Waals surface area contributed by atoms with Crippen LogP contribution in [0.5, 0.6) is 0 Å². The van der Waals surface area contributed by atoms with Gasteiger partial charge in [0, 0.05) is 32.1 Å². The van der Waals surface area contributed by atoms with Gasteiger partial charge < -0.3 is 10.1 Å². The molecule has 1 aromatic heterocycles. The van der Waals surface area contributed by atoms with Crippen molar-refractivity contribution in [1.82, 2.24) is 15.1 Å². The molecule has 0 aliphatic rings. The first-order valence-electron chi connectivity index (χ1n) is 6.00. The van der Waals surface area contributed by atoms with Crippen LogP contribution in [0.25, 0.3) is 0 Å². The van der Waals surface area contributed by atoms with Crippen LogP contribution in [0.15, 0.2) is 12.3 Å². The summed E-state index contributed by atoms with van der Waals surface area (Å²) < 4.78 is 29.3. The molecular weight excluding hydrogens is 254 g/mol. The van der Waals surface area contributed by atoms with Crippen LogP contribution in [0.1, 0.15) is 12.6 Å². The second-order valence-electron chi connectivity index (χ2n) is 3.98. The van der Waals surface area contributed by atoms with E-state index in [1.165, 1.54) is 0 Å². The Kier molecular flexibility index (Phi) is 6.31. The Hall–Kier alpha value is -0.920. The molecule has 7 heteroatoms. The molecule has 1 aromatic rings. The van der Waals surface area contributed by atoms with E-state index in [1.807, 2.05) is 6.07 Å². The van der Waals surface area contributed by atoms with Crippen LogP contribution in [0.4, 0.5) is 0 Å². The zero-order valence-corrected chi connectivity index (χ0v) is 11.7. The fourth-order valence-corrected chi connectivity index (χ4v) is 2.14. The first kappa shape index (κ1) is 15.1. The number of hydrogen-bond donors (Lipinski definition) is 1. The summed E-state index contributed by atoms with van der Waals surface area (Å²) in [6.07, 6.45) is 1.80. The van der Waals surface area contributed by atoms with Gasteiger partial charge in [-0.15, -0.1) is 0 Å². The highest BCUT2D eigenvalue weighted by Crippen LogP contribution is 1.97. The number of aryl methyl sites for hydroxylation is 1. The highest BCUT2D eigenvalue weighted by atomic mass is 32.2. The molecule has 0 fully saturated rings. The largest absolute Gasteiger partial charge is 0.383 e. The van der Waals surface area contributed by atoms with Crippen LogP contribution >= 0.6 is 0 Å². The Bertz CT molecular complexity index is 442. The number of nitrogens with zero attached hydrogens (tertiary/aromatic N) is 2. The minimum absolute atomic E-state index is 0.141. The van der Waals surface area contributed by atoms with E-state index < -0.39 is 9.84 Å². The maximum Gasteiger partial charge on any atom is 0.151 e. The van der Waals surface area contributed by atoms with Gasteiger partial charge in [0.2, 0.25) is 0 Å². The van der Waals surface area contributed by atoms with Gasteiger partial charge in [0.25, 0.3) is 0 Å². The molecule has 18 heavy (non-hydrogen) atoms. The molecule has 0 bridgehead atoms. The zero-order chi connectivity index (χ0) is 13.4. The predicted molar refractivity (Wildman–Crippen MR) is 70.1 cm³/mol. The molecule has 0 saturated carbocycles. The van der Waals surface area contributed by atoms with Gasteiger partial charge in [-0.2, -0.15) is 5.10 Å². The van der Waals surface area contributed by atoms with Crippen molar-refractivity contribution < 1.29 is 13.2 Å². The average molecular weight is 275 g/mol. The van der Waals surface area contributed by atoms with Gasteiger partial charge in [0.15, 0.2) is 9.84 Å². The van der Waals surface area contributed by atoms with Crippen LogP contribution in [0.3, 0.4) is 0 Å². The Morgan fingerprint density at radius 3 is 2.94 bits per heavy atom. The second-order valence-corrected chi connectivity index (χ2v) is 6.45. The molecule has 0 spiro atoms. The molecule has 1 rings (SSSR count). The van der Waals surface area contributed by atoms with Gasteiger partial charge >= 0.3 is 0 Å². The number of methoxy groups -OCH3 is 1. The Balaban J connectivity index is 2.34. The minimum atomic E-state index is -2.93. The van der Waals surface area contributed by atoms with Gasteiger partial charge in [-0.25, -0.2) is 8.42 Å². The number of nitrogens with one attached hydrogen (secondary N) is 1. The Morgan fingerprint density at radius 1 is 1.50 bits per heavy atom. The van der Waals surface area contributed by atoms with E-state index >= 15 is 0 Å². The summed E-state index contributed by atoms with van der Waals surface area (Å²) >= 11 is 0. The van der Waals surface area contributed by atoms with Crippen molar-refractivity contribution in [3.8, 4) is 0 Å². The number of hydrogen-bond acceptors (Lipinski definition) is 5. The van der Waals surface area contributed by atoms with Crippen molar-refractivity contribution in [3.63, 3.8) is 0 Å². The fraction of sp³-hybridized carbons (Fsp3) is 0.727. The third-order valence-corrected chi connectivity index (χ3v) is 4.24. The lowest BCUT2D eigenvalue weighted by molar-refractivity contribution is 0.199. The van der Waals surface area contributed by atoms with Crippen molar-refractivity contribution in [3.05, 3.63) is 18.0 Å². The lowest BCUT2D eigenvalue weighted by Crippen LogP contribution is -2.19. The van der Waals surface area contributed by atoms with Crippen molar-refractivity contribution in [2.45, 2.75) is 20.0 Å². The highest BCUT2D eigenvalue weighted by Gasteiger charge is 2.08. The fourth-order valence-electron chi connectivity index (χ4n) is 1.39. The van der Waals surface area contributed by atoms with E-state index in [0.717, 1.165) is 12.2 Å². The normalized spacial score (nSPS) is 11.9. The molecule has 0 unspecified atom stereocenters. The zero-order valence-electron chi connectivity index (χ0n) is 10.9. The molecule has 0 atom stereocenters. The van der Waals surface area contributed by atoms with Gasteiger partial charge in [0.05, 0.1) is 24.6 Å². The van der Waals surface area contributed by atoms with Crippen LogP contribution in [-0.2, 0) is 27.7 Å². The van der Waals surface area contributed by atoms with Crippen molar-refractivity contribution in [1.29, 1.82) is 0 Å². The standard InChI is InChI=1S/C11H21N3O3S/c1-3-18(15,16)9-7-14-6-4-11(13-14)10-12-5-8-17-2/h4,6,12H,3,5,7-10H2,1-2H3. The van der Waals surface area contributed by atoms with E-state index in [4.69, 9.17) is 4.74 Å². The summed E-state index contributed by atoms with van der Waals surface area (Å²) in [6, 6.07) is 1.89. The maximum absolute atomic E-state index is 11.4.